The van der Waals surface area contributed by atoms with E-state index in [1.165, 1.54) is 4.31 Å². The molecule has 138 valence electrons. The van der Waals surface area contributed by atoms with Gasteiger partial charge in [-0.15, -0.1) is 0 Å². The summed E-state index contributed by atoms with van der Waals surface area (Å²) in [6.07, 6.45) is 2.74. The third-order valence-electron chi connectivity index (χ3n) is 4.45. The van der Waals surface area contributed by atoms with E-state index in [0.29, 0.717) is 37.4 Å². The van der Waals surface area contributed by atoms with Gasteiger partial charge in [-0.3, -0.25) is 9.78 Å². The molecule has 1 saturated heterocycles. The van der Waals surface area contributed by atoms with Gasteiger partial charge in [-0.05, 0) is 71.8 Å². The highest BCUT2D eigenvalue weighted by molar-refractivity contribution is 14.1. The summed E-state index contributed by atoms with van der Waals surface area (Å²) >= 11 is 2.14. The maximum atomic E-state index is 12.7. The molecule has 0 aliphatic carbocycles. The van der Waals surface area contributed by atoms with Crippen LogP contribution < -0.4 is 5.32 Å². The van der Waals surface area contributed by atoms with Crippen molar-refractivity contribution in [3.05, 3.63) is 57.9 Å². The summed E-state index contributed by atoms with van der Waals surface area (Å²) < 4.78 is 27.9. The summed E-state index contributed by atoms with van der Waals surface area (Å²) in [5.74, 6) is -0.205. The number of sulfonamides is 1. The highest BCUT2D eigenvalue weighted by atomic mass is 127. The van der Waals surface area contributed by atoms with Crippen molar-refractivity contribution in [2.24, 2.45) is 5.92 Å². The number of carbonyl (C=O) groups excluding carboxylic acids is 1. The average Bonchev–Trinajstić information content (AvgIpc) is 2.67. The van der Waals surface area contributed by atoms with E-state index in [1.807, 2.05) is 18.2 Å². The number of amides is 1. The minimum Gasteiger partial charge on any atom is -0.350 e. The zero-order valence-electron chi connectivity index (χ0n) is 14.1. The van der Waals surface area contributed by atoms with Gasteiger partial charge in [0.2, 0.25) is 15.9 Å². The number of benzene rings is 1. The van der Waals surface area contributed by atoms with Crippen LogP contribution in [0, 0.1) is 9.49 Å². The first kappa shape index (κ1) is 19.2. The third kappa shape index (κ3) is 4.60. The van der Waals surface area contributed by atoms with Crippen molar-refractivity contribution in [2.45, 2.75) is 24.3 Å². The van der Waals surface area contributed by atoms with Gasteiger partial charge in [-0.1, -0.05) is 6.07 Å². The van der Waals surface area contributed by atoms with E-state index >= 15 is 0 Å². The molecule has 1 aromatic heterocycles. The number of halogens is 1. The number of nitrogens with one attached hydrogen (secondary N) is 1. The van der Waals surface area contributed by atoms with E-state index in [1.54, 1.807) is 30.5 Å². The molecule has 2 aromatic rings. The number of nitrogens with zero attached hydrogens (tertiary/aromatic N) is 2. The zero-order valence-corrected chi connectivity index (χ0v) is 17.1. The van der Waals surface area contributed by atoms with Crippen LogP contribution in [0.15, 0.2) is 53.6 Å². The Morgan fingerprint density at radius 2 is 1.85 bits per heavy atom. The van der Waals surface area contributed by atoms with Crippen molar-refractivity contribution in [1.29, 1.82) is 0 Å². The first-order chi connectivity index (χ1) is 12.5. The van der Waals surface area contributed by atoms with Crippen LogP contribution in [0.1, 0.15) is 18.5 Å². The molecule has 8 heteroatoms. The molecule has 1 amide bonds. The van der Waals surface area contributed by atoms with E-state index in [2.05, 4.69) is 32.9 Å². The van der Waals surface area contributed by atoms with Gasteiger partial charge in [0.05, 0.1) is 17.1 Å². The quantitative estimate of drug-likeness (QED) is 0.660. The highest BCUT2D eigenvalue weighted by Crippen LogP contribution is 2.24. The molecular formula is C18H20IN3O3S. The number of rotatable bonds is 5. The summed E-state index contributed by atoms with van der Waals surface area (Å²) in [7, 11) is -3.49. The van der Waals surface area contributed by atoms with Crippen LogP contribution in [-0.2, 0) is 21.4 Å². The van der Waals surface area contributed by atoms with Gasteiger partial charge < -0.3 is 5.32 Å². The standard InChI is InChI=1S/C18H20IN3O3S/c19-15-4-6-17(7-5-15)26(24,25)22-11-8-14(9-12-22)18(23)21-13-16-3-1-2-10-20-16/h1-7,10,14H,8-9,11-13H2,(H,21,23). The topological polar surface area (TPSA) is 79.4 Å². The Balaban J connectivity index is 1.55. The van der Waals surface area contributed by atoms with Crippen molar-refractivity contribution in [3.63, 3.8) is 0 Å². The Bertz CT molecular complexity index is 849. The van der Waals surface area contributed by atoms with Gasteiger partial charge in [0.25, 0.3) is 0 Å². The Hall–Kier alpha value is -1.52. The van der Waals surface area contributed by atoms with Crippen LogP contribution in [0.25, 0.3) is 0 Å². The first-order valence-corrected chi connectivity index (χ1v) is 10.9. The van der Waals surface area contributed by atoms with Crippen LogP contribution >= 0.6 is 22.6 Å². The highest BCUT2D eigenvalue weighted by Gasteiger charge is 2.31. The molecule has 6 nitrogen and oxygen atoms in total. The SMILES string of the molecule is O=C(NCc1ccccn1)C1CCN(S(=O)(=O)c2ccc(I)cc2)CC1. The number of hydrogen-bond donors (Lipinski definition) is 1. The molecule has 26 heavy (non-hydrogen) atoms. The monoisotopic (exact) mass is 485 g/mol. The van der Waals surface area contributed by atoms with Gasteiger partial charge in [0.15, 0.2) is 0 Å². The molecule has 1 aliphatic rings. The predicted octanol–water partition coefficient (Wildman–Crippen LogP) is 2.40. The molecule has 0 unspecified atom stereocenters. The van der Waals surface area contributed by atoms with Crippen molar-refractivity contribution < 1.29 is 13.2 Å². The van der Waals surface area contributed by atoms with Gasteiger partial charge in [-0.2, -0.15) is 4.31 Å². The second-order valence-electron chi connectivity index (χ2n) is 6.17. The van der Waals surface area contributed by atoms with Crippen LogP contribution in [0.3, 0.4) is 0 Å². The smallest absolute Gasteiger partial charge is 0.243 e. The summed E-state index contributed by atoms with van der Waals surface area (Å²) in [6, 6.07) is 12.4. The van der Waals surface area contributed by atoms with Crippen molar-refractivity contribution in [3.8, 4) is 0 Å². The Morgan fingerprint density at radius 1 is 1.15 bits per heavy atom. The minimum atomic E-state index is -3.49. The van der Waals surface area contributed by atoms with Gasteiger partial charge >= 0.3 is 0 Å². The summed E-state index contributed by atoms with van der Waals surface area (Å²) in [5, 5.41) is 2.89. The maximum Gasteiger partial charge on any atom is 0.243 e. The summed E-state index contributed by atoms with van der Waals surface area (Å²) in [6.45, 7) is 1.10. The summed E-state index contributed by atoms with van der Waals surface area (Å²) in [5.41, 5.74) is 0.805. The van der Waals surface area contributed by atoms with Gasteiger partial charge in [-0.25, -0.2) is 8.42 Å². The molecule has 0 bridgehead atoms. The number of carbonyl (C=O) groups is 1. The lowest BCUT2D eigenvalue weighted by Crippen LogP contribution is -2.42. The van der Waals surface area contributed by atoms with Crippen LogP contribution in [-0.4, -0.2) is 36.7 Å². The Kier molecular flexibility index (Phi) is 6.25. The molecule has 0 radical (unpaired) electrons. The second-order valence-corrected chi connectivity index (χ2v) is 9.35. The van der Waals surface area contributed by atoms with E-state index in [4.69, 9.17) is 0 Å². The lowest BCUT2D eigenvalue weighted by Gasteiger charge is -2.30. The zero-order chi connectivity index (χ0) is 18.6. The van der Waals surface area contributed by atoms with E-state index in [-0.39, 0.29) is 11.8 Å². The minimum absolute atomic E-state index is 0.0398. The molecule has 3 rings (SSSR count). The fourth-order valence-electron chi connectivity index (χ4n) is 2.94. The van der Waals surface area contributed by atoms with Crippen molar-refractivity contribution >= 4 is 38.5 Å². The maximum absolute atomic E-state index is 12.7. The fraction of sp³-hybridized carbons (Fsp3) is 0.333. The van der Waals surface area contributed by atoms with Crippen molar-refractivity contribution in [2.75, 3.05) is 13.1 Å². The Labute approximate surface area is 167 Å². The third-order valence-corrected chi connectivity index (χ3v) is 7.08. The number of pyridine rings is 1. The Morgan fingerprint density at radius 3 is 2.46 bits per heavy atom. The first-order valence-electron chi connectivity index (χ1n) is 8.40. The summed E-state index contributed by atoms with van der Waals surface area (Å²) in [4.78, 5) is 16.8. The number of aromatic nitrogens is 1. The van der Waals surface area contributed by atoms with Crippen LogP contribution in [0.2, 0.25) is 0 Å². The molecule has 0 spiro atoms. The van der Waals surface area contributed by atoms with Crippen LogP contribution in [0.5, 0.6) is 0 Å². The number of hydrogen-bond acceptors (Lipinski definition) is 4. The van der Waals surface area contributed by atoms with Gasteiger partial charge in [0, 0.05) is 28.8 Å². The molecule has 2 heterocycles. The lowest BCUT2D eigenvalue weighted by atomic mass is 9.97. The molecular weight excluding hydrogens is 465 g/mol. The van der Waals surface area contributed by atoms with E-state index in [9.17, 15) is 13.2 Å². The predicted molar refractivity (Wildman–Crippen MR) is 107 cm³/mol. The van der Waals surface area contributed by atoms with Crippen LogP contribution in [0.4, 0.5) is 0 Å². The normalized spacial score (nSPS) is 16.3. The van der Waals surface area contributed by atoms with Gasteiger partial charge in [0.1, 0.15) is 0 Å². The molecule has 1 N–H and O–H groups in total. The molecule has 0 atom stereocenters. The van der Waals surface area contributed by atoms with E-state index < -0.39 is 10.0 Å². The molecule has 1 aliphatic heterocycles. The molecule has 1 fully saturated rings. The molecule has 0 saturated carbocycles. The lowest BCUT2D eigenvalue weighted by molar-refractivity contribution is -0.126. The second kappa shape index (κ2) is 8.45. The fourth-order valence-corrected chi connectivity index (χ4v) is 4.77. The average molecular weight is 485 g/mol. The number of piperidine rings is 1. The molecule has 1 aromatic carbocycles. The van der Waals surface area contributed by atoms with E-state index in [0.717, 1.165) is 9.26 Å². The largest absolute Gasteiger partial charge is 0.350 e. The van der Waals surface area contributed by atoms with Crippen molar-refractivity contribution in [1.82, 2.24) is 14.6 Å².